The zero-order valence-corrected chi connectivity index (χ0v) is 20.0. The Hall–Kier alpha value is -4.00. The van der Waals surface area contributed by atoms with Crippen LogP contribution in [0.4, 0.5) is 52.7 Å². The van der Waals surface area contributed by atoms with Crippen LogP contribution < -0.4 is 0 Å². The maximum Gasteiger partial charge on any atom is 0.422 e. The second-order valence-corrected chi connectivity index (χ2v) is 7.71. The first-order chi connectivity index (χ1) is 18.2. The smallest absolute Gasteiger partial charge is 0.422 e. The van der Waals surface area contributed by atoms with Gasteiger partial charge in [-0.15, -0.1) is 0 Å². The topological polar surface area (TPSA) is 105 Å². The van der Waals surface area contributed by atoms with Gasteiger partial charge in [0.2, 0.25) is 0 Å². The van der Waals surface area contributed by atoms with Gasteiger partial charge in [-0.25, -0.2) is 19.2 Å². The average Bonchev–Trinajstić information content (AvgIpc) is 2.82. The fraction of sp³-hybridized carbons (Fsp3) is 0.429. The van der Waals surface area contributed by atoms with Gasteiger partial charge in [-0.1, -0.05) is 26.3 Å². The molecule has 0 N–H and O–H groups in total. The molecule has 0 heterocycles. The summed E-state index contributed by atoms with van der Waals surface area (Å²) in [4.78, 5) is 46.9. The minimum absolute atomic E-state index is 1.76. The fourth-order valence-electron chi connectivity index (χ4n) is 1.94. The van der Waals surface area contributed by atoms with Gasteiger partial charge in [0.25, 0.3) is 0 Å². The number of halogens is 12. The van der Waals surface area contributed by atoms with E-state index in [2.05, 4.69) is 45.3 Å². The highest BCUT2D eigenvalue weighted by atomic mass is 19.4. The predicted octanol–water partition coefficient (Wildman–Crippen LogP) is 4.62. The zero-order valence-electron chi connectivity index (χ0n) is 20.0. The van der Waals surface area contributed by atoms with Crippen LogP contribution in [0.3, 0.4) is 0 Å². The molecule has 0 radical (unpaired) electrons. The van der Waals surface area contributed by atoms with Crippen molar-refractivity contribution in [2.45, 2.75) is 24.7 Å². The van der Waals surface area contributed by atoms with E-state index < -0.39 is 103 Å². The van der Waals surface area contributed by atoms with Crippen molar-refractivity contribution in [3.63, 3.8) is 0 Å². The van der Waals surface area contributed by atoms with E-state index in [0.717, 1.165) is 0 Å². The second-order valence-electron chi connectivity index (χ2n) is 7.71. The van der Waals surface area contributed by atoms with Crippen molar-refractivity contribution in [3.8, 4) is 0 Å². The minimum atomic E-state index is -5.45. The maximum atomic E-state index is 12.7. The normalized spacial score (nSPS) is 12.6. The van der Waals surface area contributed by atoms with Crippen LogP contribution in [0.2, 0.25) is 0 Å². The molecule has 41 heavy (non-hydrogen) atoms. The van der Waals surface area contributed by atoms with Gasteiger partial charge in [0.15, 0.2) is 0 Å². The van der Waals surface area contributed by atoms with Gasteiger partial charge in [-0.3, -0.25) is 0 Å². The molecule has 0 unspecified atom stereocenters. The van der Waals surface area contributed by atoms with Gasteiger partial charge in [-0.05, 0) is 0 Å². The highest BCUT2D eigenvalue weighted by Gasteiger charge is 2.46. The summed E-state index contributed by atoms with van der Waals surface area (Å²) >= 11 is 0. The third-order valence-electron chi connectivity index (χ3n) is 4.39. The first-order valence-corrected chi connectivity index (χ1v) is 9.88. The van der Waals surface area contributed by atoms with E-state index in [9.17, 15) is 71.9 Å². The quantitative estimate of drug-likeness (QED) is 0.134. The number of hydrogen-bond acceptors (Lipinski definition) is 8. The van der Waals surface area contributed by atoms with Crippen LogP contribution in [0.15, 0.2) is 48.6 Å². The molecule has 0 rings (SSSR count). The molecular formula is C21H16F12O8. The van der Waals surface area contributed by atoms with Crippen molar-refractivity contribution in [1.82, 2.24) is 0 Å². The van der Waals surface area contributed by atoms with Crippen LogP contribution in [0.5, 0.6) is 0 Å². The Morgan fingerprint density at radius 1 is 0.390 bits per heavy atom. The van der Waals surface area contributed by atoms with Crippen LogP contribution >= 0.6 is 0 Å². The maximum absolute atomic E-state index is 12.7. The van der Waals surface area contributed by atoms with E-state index in [0.29, 0.717) is 0 Å². The van der Waals surface area contributed by atoms with Crippen molar-refractivity contribution in [2.75, 3.05) is 26.4 Å². The third kappa shape index (κ3) is 11.6. The van der Waals surface area contributed by atoms with Crippen LogP contribution in [-0.2, 0) is 38.1 Å². The molecule has 0 fully saturated rings. The Kier molecular flexibility index (Phi) is 11.8. The van der Waals surface area contributed by atoms with Gasteiger partial charge in [0.1, 0.15) is 54.1 Å². The number of carbonyl (C=O) groups excluding carboxylic acids is 4. The number of rotatable bonds is 12. The van der Waals surface area contributed by atoms with Crippen molar-refractivity contribution < 1.29 is 90.8 Å². The summed E-state index contributed by atoms with van der Waals surface area (Å²) in [5.74, 6) is -9.43. The molecular weight excluding hydrogens is 608 g/mol. The van der Waals surface area contributed by atoms with Gasteiger partial charge < -0.3 is 18.9 Å². The summed E-state index contributed by atoms with van der Waals surface area (Å²) < 4.78 is 170. The summed E-state index contributed by atoms with van der Waals surface area (Å²) in [5, 5.41) is 0. The lowest BCUT2D eigenvalue weighted by atomic mass is 9.92. The highest BCUT2D eigenvalue weighted by Crippen LogP contribution is 2.31. The molecule has 8 nitrogen and oxygen atoms in total. The van der Waals surface area contributed by atoms with Crippen LogP contribution in [-0.4, -0.2) is 75.0 Å². The Morgan fingerprint density at radius 3 is 0.659 bits per heavy atom. The van der Waals surface area contributed by atoms with E-state index in [1.807, 2.05) is 0 Å². The fourth-order valence-corrected chi connectivity index (χ4v) is 1.94. The van der Waals surface area contributed by atoms with Gasteiger partial charge >= 0.3 is 48.6 Å². The molecule has 20 heteroatoms. The molecule has 0 aromatic rings. The molecule has 0 spiro atoms. The van der Waals surface area contributed by atoms with E-state index in [4.69, 9.17) is 0 Å². The molecule has 0 aliphatic rings. The molecule has 0 aliphatic heterocycles. The Morgan fingerprint density at radius 2 is 0.537 bits per heavy atom. The number of ether oxygens (including phenoxy) is 4. The number of carbonyl (C=O) groups is 4. The molecule has 0 aromatic carbocycles. The Bertz CT molecular complexity index is 920. The van der Waals surface area contributed by atoms with Gasteiger partial charge in [-0.2, -0.15) is 52.7 Å². The summed E-state index contributed by atoms with van der Waals surface area (Å²) in [5.41, 5.74) is -11.9. The lowest BCUT2D eigenvalue weighted by molar-refractivity contribution is -0.173. The lowest BCUT2D eigenvalue weighted by Crippen LogP contribution is -2.45. The minimum Gasteiger partial charge on any atom is -0.461 e. The summed E-state index contributed by atoms with van der Waals surface area (Å²) in [6.07, 6.45) is -21.8. The summed E-state index contributed by atoms with van der Waals surface area (Å²) in [6, 6.07) is 0. The first kappa shape index (κ1) is 37.0. The van der Waals surface area contributed by atoms with E-state index in [1.165, 1.54) is 0 Å². The summed E-state index contributed by atoms with van der Waals surface area (Å²) in [7, 11) is 0. The van der Waals surface area contributed by atoms with E-state index >= 15 is 0 Å². The molecule has 0 amide bonds. The molecule has 0 atom stereocenters. The number of hydrogen-bond donors (Lipinski definition) is 0. The average molecular weight is 624 g/mol. The second kappa shape index (κ2) is 13.1. The monoisotopic (exact) mass is 624 g/mol. The molecule has 0 saturated carbocycles. The van der Waals surface area contributed by atoms with Gasteiger partial charge in [0.05, 0.1) is 0 Å². The van der Waals surface area contributed by atoms with Crippen molar-refractivity contribution >= 4 is 23.9 Å². The molecule has 232 valence electrons. The zero-order chi connectivity index (χ0) is 32.8. The first-order valence-electron chi connectivity index (χ1n) is 9.88. The summed E-state index contributed by atoms with van der Waals surface area (Å²) in [6.45, 7) is 2.30. The van der Waals surface area contributed by atoms with Crippen molar-refractivity contribution in [2.24, 2.45) is 5.41 Å². The van der Waals surface area contributed by atoms with Gasteiger partial charge in [0, 0.05) is 0 Å². The third-order valence-corrected chi connectivity index (χ3v) is 4.39. The Labute approximate surface area is 220 Å². The lowest BCUT2D eigenvalue weighted by Gasteiger charge is -2.32. The molecule has 0 aromatic heterocycles. The standard InChI is InChI=1S/C21H16F12O8/c1-9(18(22,23)24)13(34)38-5-17(6-39-14(35)10(2)19(25,26)27,7-40-15(36)11(3)20(28,29)30)8-41-16(37)12(4)21(31,32)33/h1-8H2. The van der Waals surface area contributed by atoms with Crippen molar-refractivity contribution in [3.05, 3.63) is 48.6 Å². The largest absolute Gasteiger partial charge is 0.461 e. The van der Waals surface area contributed by atoms with Crippen LogP contribution in [0.25, 0.3) is 0 Å². The SMILES string of the molecule is C=C(C(=O)OCC(COC(=O)C(=C)C(F)(F)F)(COC(=O)C(=C)C(F)(F)F)COC(=O)C(=C)C(F)(F)F)C(F)(F)F. The highest BCUT2D eigenvalue weighted by molar-refractivity contribution is 5.90. The number of esters is 4. The predicted molar refractivity (Wildman–Crippen MR) is 107 cm³/mol. The molecule has 0 saturated heterocycles. The van der Waals surface area contributed by atoms with Crippen molar-refractivity contribution in [1.29, 1.82) is 0 Å². The van der Waals surface area contributed by atoms with E-state index in [1.54, 1.807) is 0 Å². The van der Waals surface area contributed by atoms with Crippen LogP contribution in [0.1, 0.15) is 0 Å². The Balaban J connectivity index is 6.46. The van der Waals surface area contributed by atoms with E-state index in [-0.39, 0.29) is 0 Å². The number of alkyl halides is 12. The molecule has 0 bridgehead atoms. The van der Waals surface area contributed by atoms with Crippen LogP contribution in [0, 0.1) is 5.41 Å². The molecule has 0 aliphatic carbocycles.